The van der Waals surface area contributed by atoms with Crippen LogP contribution in [0.25, 0.3) is 10.2 Å². The number of nitrogens with one attached hydrogen (secondary N) is 1. The molecule has 24 heavy (non-hydrogen) atoms. The molecule has 0 atom stereocenters. The maximum absolute atomic E-state index is 12.4. The summed E-state index contributed by atoms with van der Waals surface area (Å²) in [6, 6.07) is 10.5. The van der Waals surface area contributed by atoms with Crippen molar-refractivity contribution in [1.29, 1.82) is 0 Å². The lowest BCUT2D eigenvalue weighted by molar-refractivity contribution is 0.102. The summed E-state index contributed by atoms with van der Waals surface area (Å²) in [6.45, 7) is 2.40. The van der Waals surface area contributed by atoms with E-state index in [-0.39, 0.29) is 5.91 Å². The molecule has 1 heterocycles. The number of nitrogen functional groups attached to an aromatic ring is 1. The molecule has 0 radical (unpaired) electrons. The van der Waals surface area contributed by atoms with E-state index in [1.54, 1.807) is 37.4 Å². The highest BCUT2D eigenvalue weighted by Crippen LogP contribution is 2.34. The molecule has 3 N–H and O–H groups in total. The van der Waals surface area contributed by atoms with Crippen LogP contribution in [0.3, 0.4) is 0 Å². The van der Waals surface area contributed by atoms with Crippen LogP contribution in [0, 0.1) is 0 Å². The summed E-state index contributed by atoms with van der Waals surface area (Å²) in [7, 11) is 1.58. The number of carbonyl (C=O) groups excluding carboxylic acids is 1. The predicted octanol–water partition coefficient (Wildman–Crippen LogP) is 3.54. The Bertz CT molecular complexity index is 875. The summed E-state index contributed by atoms with van der Waals surface area (Å²) in [5.74, 6) is 1.09. The molecule has 124 valence electrons. The molecule has 2 aromatic carbocycles. The first-order valence-electron chi connectivity index (χ1n) is 7.39. The van der Waals surface area contributed by atoms with E-state index in [4.69, 9.17) is 15.2 Å². The number of amides is 1. The minimum atomic E-state index is -0.211. The summed E-state index contributed by atoms with van der Waals surface area (Å²) in [4.78, 5) is 16.7. The van der Waals surface area contributed by atoms with Crippen LogP contribution in [0.2, 0.25) is 0 Å². The molecule has 0 saturated heterocycles. The fraction of sp³-hybridized carbons (Fsp3) is 0.176. The number of nitrogens with zero attached hydrogens (tertiary/aromatic N) is 1. The Hall–Kier alpha value is -2.80. The zero-order chi connectivity index (χ0) is 17.1. The molecule has 0 fully saturated rings. The normalized spacial score (nSPS) is 10.6. The highest BCUT2D eigenvalue weighted by atomic mass is 32.1. The van der Waals surface area contributed by atoms with Crippen molar-refractivity contribution in [3.8, 4) is 11.5 Å². The minimum Gasteiger partial charge on any atom is -0.497 e. The van der Waals surface area contributed by atoms with Crippen molar-refractivity contribution in [3.63, 3.8) is 0 Å². The van der Waals surface area contributed by atoms with Gasteiger partial charge in [-0.2, -0.15) is 0 Å². The number of hydrogen-bond acceptors (Lipinski definition) is 6. The van der Waals surface area contributed by atoms with E-state index in [2.05, 4.69) is 10.3 Å². The zero-order valence-corrected chi connectivity index (χ0v) is 14.1. The Labute approximate surface area is 143 Å². The topological polar surface area (TPSA) is 86.5 Å². The lowest BCUT2D eigenvalue weighted by atomic mass is 10.2. The van der Waals surface area contributed by atoms with Crippen LogP contribution >= 0.6 is 11.3 Å². The second kappa shape index (κ2) is 6.76. The van der Waals surface area contributed by atoms with Gasteiger partial charge in [-0.3, -0.25) is 4.79 Å². The highest BCUT2D eigenvalue weighted by molar-refractivity contribution is 7.22. The monoisotopic (exact) mass is 343 g/mol. The molecule has 0 bridgehead atoms. The molecule has 7 heteroatoms. The summed E-state index contributed by atoms with van der Waals surface area (Å²) in [5, 5.41) is 3.34. The van der Waals surface area contributed by atoms with E-state index < -0.39 is 0 Å². The fourth-order valence-corrected chi connectivity index (χ4v) is 3.09. The van der Waals surface area contributed by atoms with E-state index in [9.17, 15) is 4.79 Å². The molecule has 1 aromatic heterocycles. The number of methoxy groups -OCH3 is 1. The van der Waals surface area contributed by atoms with Crippen molar-refractivity contribution < 1.29 is 14.3 Å². The number of fused-ring (bicyclic) bond motifs is 1. The van der Waals surface area contributed by atoms with Crippen molar-refractivity contribution >= 4 is 38.3 Å². The fourth-order valence-electron chi connectivity index (χ4n) is 2.30. The first-order chi connectivity index (χ1) is 11.6. The molecule has 0 unspecified atom stereocenters. The molecule has 6 nitrogen and oxygen atoms in total. The molecule has 0 saturated carbocycles. The number of hydrogen-bond donors (Lipinski definition) is 2. The Morgan fingerprint density at radius 2 is 2.04 bits per heavy atom. The van der Waals surface area contributed by atoms with E-state index in [0.717, 1.165) is 4.70 Å². The number of anilines is 2. The minimum absolute atomic E-state index is 0.211. The lowest BCUT2D eigenvalue weighted by Gasteiger charge is -2.09. The van der Waals surface area contributed by atoms with Gasteiger partial charge in [0.05, 0.1) is 18.4 Å². The van der Waals surface area contributed by atoms with Gasteiger partial charge in [-0.1, -0.05) is 11.3 Å². The molecular weight excluding hydrogens is 326 g/mol. The molecule has 0 aliphatic rings. The van der Waals surface area contributed by atoms with Crippen LogP contribution in [0.15, 0.2) is 36.4 Å². The van der Waals surface area contributed by atoms with Crippen LogP contribution in [0.1, 0.15) is 17.3 Å². The van der Waals surface area contributed by atoms with Crippen molar-refractivity contribution in [1.82, 2.24) is 4.98 Å². The highest BCUT2D eigenvalue weighted by Gasteiger charge is 2.13. The standard InChI is InChI=1S/C17H17N3O3S/c1-3-23-13-8-11(9-14-15(13)20-17(18)24-14)19-16(21)10-4-6-12(22-2)7-5-10/h4-9H,3H2,1-2H3,(H2,18,20)(H,19,21). The van der Waals surface area contributed by atoms with Gasteiger partial charge >= 0.3 is 0 Å². The van der Waals surface area contributed by atoms with Gasteiger partial charge in [0.2, 0.25) is 0 Å². The van der Waals surface area contributed by atoms with Crippen LogP contribution in [-0.2, 0) is 0 Å². The second-order valence-electron chi connectivity index (χ2n) is 4.99. The predicted molar refractivity (Wildman–Crippen MR) is 96.1 cm³/mol. The van der Waals surface area contributed by atoms with Gasteiger partial charge in [-0.15, -0.1) is 0 Å². The van der Waals surface area contributed by atoms with Crippen molar-refractivity contribution in [3.05, 3.63) is 42.0 Å². The third kappa shape index (κ3) is 3.26. The Morgan fingerprint density at radius 3 is 2.71 bits per heavy atom. The quantitative estimate of drug-likeness (QED) is 0.740. The number of benzene rings is 2. The van der Waals surface area contributed by atoms with Crippen molar-refractivity contribution in [2.24, 2.45) is 0 Å². The van der Waals surface area contributed by atoms with Gasteiger partial charge in [-0.25, -0.2) is 4.98 Å². The molecular formula is C17H17N3O3S. The van der Waals surface area contributed by atoms with Gasteiger partial charge in [0.1, 0.15) is 17.0 Å². The first kappa shape index (κ1) is 16.1. The molecule has 0 spiro atoms. The van der Waals surface area contributed by atoms with Crippen LogP contribution in [-0.4, -0.2) is 24.6 Å². The average Bonchev–Trinajstić information content (AvgIpc) is 2.95. The number of rotatable bonds is 5. The molecule has 0 aliphatic carbocycles. The van der Waals surface area contributed by atoms with E-state index in [1.165, 1.54) is 11.3 Å². The van der Waals surface area contributed by atoms with Crippen molar-refractivity contribution in [2.75, 3.05) is 24.8 Å². The third-order valence-corrected chi connectivity index (χ3v) is 4.22. The number of aromatic nitrogens is 1. The van der Waals surface area contributed by atoms with Gasteiger partial charge in [-0.05, 0) is 37.3 Å². The van der Waals surface area contributed by atoms with Crippen LogP contribution in [0.5, 0.6) is 11.5 Å². The largest absolute Gasteiger partial charge is 0.497 e. The Balaban J connectivity index is 1.89. The van der Waals surface area contributed by atoms with E-state index in [0.29, 0.717) is 40.0 Å². The Kier molecular flexibility index (Phi) is 4.52. The van der Waals surface area contributed by atoms with E-state index in [1.807, 2.05) is 13.0 Å². The molecule has 1 amide bonds. The summed E-state index contributed by atoms with van der Waals surface area (Å²) in [5.41, 5.74) is 7.66. The smallest absolute Gasteiger partial charge is 0.255 e. The van der Waals surface area contributed by atoms with Gasteiger partial charge in [0.15, 0.2) is 5.13 Å². The number of thiazole rings is 1. The van der Waals surface area contributed by atoms with Gasteiger partial charge in [0, 0.05) is 17.3 Å². The average molecular weight is 343 g/mol. The SMILES string of the molecule is CCOc1cc(NC(=O)c2ccc(OC)cc2)cc2sc(N)nc12. The van der Waals surface area contributed by atoms with Crippen LogP contribution < -0.4 is 20.5 Å². The van der Waals surface area contributed by atoms with Crippen molar-refractivity contribution in [2.45, 2.75) is 6.92 Å². The summed E-state index contributed by atoms with van der Waals surface area (Å²) in [6.07, 6.45) is 0. The van der Waals surface area contributed by atoms with Gasteiger partial charge < -0.3 is 20.5 Å². The molecule has 3 aromatic rings. The molecule has 0 aliphatic heterocycles. The Morgan fingerprint density at radius 1 is 1.29 bits per heavy atom. The number of carbonyl (C=O) groups is 1. The first-order valence-corrected chi connectivity index (χ1v) is 8.20. The van der Waals surface area contributed by atoms with Gasteiger partial charge in [0.25, 0.3) is 5.91 Å². The maximum Gasteiger partial charge on any atom is 0.255 e. The molecule has 3 rings (SSSR count). The van der Waals surface area contributed by atoms with E-state index >= 15 is 0 Å². The second-order valence-corrected chi connectivity index (χ2v) is 6.05. The number of ether oxygens (including phenoxy) is 2. The third-order valence-electron chi connectivity index (χ3n) is 3.39. The van der Waals surface area contributed by atoms with Crippen LogP contribution in [0.4, 0.5) is 10.8 Å². The maximum atomic E-state index is 12.4. The number of nitrogens with two attached hydrogens (primary N) is 1. The summed E-state index contributed by atoms with van der Waals surface area (Å²) < 4.78 is 11.6. The summed E-state index contributed by atoms with van der Waals surface area (Å²) >= 11 is 1.35. The lowest BCUT2D eigenvalue weighted by Crippen LogP contribution is -2.11. The zero-order valence-electron chi connectivity index (χ0n) is 13.3.